The highest BCUT2D eigenvalue weighted by molar-refractivity contribution is 7.90. The van der Waals surface area contributed by atoms with Crippen molar-refractivity contribution in [3.8, 4) is 0 Å². The van der Waals surface area contributed by atoms with E-state index >= 15 is 0 Å². The third-order valence-electron chi connectivity index (χ3n) is 6.54. The summed E-state index contributed by atoms with van der Waals surface area (Å²) in [4.78, 5) is 25.0. The lowest BCUT2D eigenvalue weighted by Crippen LogP contribution is -2.42. The number of para-hydroxylation sites is 1. The van der Waals surface area contributed by atoms with Gasteiger partial charge in [0.15, 0.2) is 9.84 Å². The van der Waals surface area contributed by atoms with Gasteiger partial charge in [-0.25, -0.2) is 13.2 Å². The minimum absolute atomic E-state index is 0.0169. The minimum atomic E-state index is -3.52. The predicted molar refractivity (Wildman–Crippen MR) is 158 cm³/mol. The van der Waals surface area contributed by atoms with Gasteiger partial charge in [-0.2, -0.15) is 0 Å². The number of halogens is 2. The maximum Gasteiger partial charge on any atom is 0.326 e. The summed E-state index contributed by atoms with van der Waals surface area (Å²) in [7, 11) is -6.63. The number of carboxylic acids is 1. The first-order valence-electron chi connectivity index (χ1n) is 12.2. The molecule has 9 nitrogen and oxygen atoms in total. The van der Waals surface area contributed by atoms with Crippen LogP contribution >= 0.6 is 30.3 Å². The van der Waals surface area contributed by atoms with Gasteiger partial charge in [-0.3, -0.25) is 4.79 Å². The number of aliphatic hydroxyl groups excluding tert-OH is 1. The molecular formula is C28H26Cl2NO8PS. The van der Waals surface area contributed by atoms with Crippen molar-refractivity contribution in [2.45, 2.75) is 23.5 Å². The standard InChI is InChI=1S/C28H26Cl2NO8PS/c1-40(36,25-14-39-24-9-4-3-8-19(24)25)15-23(32)17-12-20(29)26(21(30)13-17)27(33)31-22(28(34)35)11-16-6-5-7-18(10-16)41(2,37)38/h3-10,12-14,22-23,32H,11,15H2,1-2H3,(H,31,33)(H,34,35). The molecule has 0 bridgehead atoms. The molecule has 0 radical (unpaired) electrons. The van der Waals surface area contributed by atoms with Crippen LogP contribution in [0.25, 0.3) is 11.0 Å². The maximum atomic E-state index is 13.6. The molecule has 1 heterocycles. The van der Waals surface area contributed by atoms with Crippen molar-refractivity contribution in [1.29, 1.82) is 0 Å². The van der Waals surface area contributed by atoms with Gasteiger partial charge in [0.2, 0.25) is 0 Å². The van der Waals surface area contributed by atoms with Crippen LogP contribution < -0.4 is 10.6 Å². The molecule has 0 aliphatic heterocycles. The van der Waals surface area contributed by atoms with Gasteiger partial charge in [0, 0.05) is 24.2 Å². The van der Waals surface area contributed by atoms with E-state index in [-0.39, 0.29) is 38.7 Å². The summed E-state index contributed by atoms with van der Waals surface area (Å²) >= 11 is 12.7. The van der Waals surface area contributed by atoms with Crippen LogP contribution in [0.4, 0.5) is 0 Å². The molecule has 0 saturated carbocycles. The Balaban J connectivity index is 1.53. The Morgan fingerprint density at radius 1 is 1.05 bits per heavy atom. The number of aliphatic carboxylic acids is 1. The van der Waals surface area contributed by atoms with E-state index in [0.29, 0.717) is 21.8 Å². The lowest BCUT2D eigenvalue weighted by Gasteiger charge is -2.19. The molecule has 0 aliphatic carbocycles. The van der Waals surface area contributed by atoms with Crippen molar-refractivity contribution < 1.29 is 37.2 Å². The highest BCUT2D eigenvalue weighted by Crippen LogP contribution is 2.46. The number of benzene rings is 3. The van der Waals surface area contributed by atoms with Crippen LogP contribution in [-0.4, -0.2) is 55.6 Å². The third kappa shape index (κ3) is 7.02. The fraction of sp³-hybridized carbons (Fsp3) is 0.214. The largest absolute Gasteiger partial charge is 0.480 e. The summed E-state index contributed by atoms with van der Waals surface area (Å²) in [6, 6.07) is 14.1. The Hall–Kier alpha value is -3.14. The van der Waals surface area contributed by atoms with E-state index in [1.807, 2.05) is 0 Å². The number of carbonyl (C=O) groups excluding carboxylic acids is 1. The van der Waals surface area contributed by atoms with Crippen LogP contribution in [-0.2, 0) is 25.6 Å². The second-order valence-corrected chi connectivity index (χ2v) is 15.6. The normalized spacial score (nSPS) is 14.8. The first-order valence-corrected chi connectivity index (χ1v) is 17.2. The zero-order valence-electron chi connectivity index (χ0n) is 21.9. The third-order valence-corrected chi connectivity index (χ3v) is 10.7. The number of hydrogen-bond donors (Lipinski definition) is 3. The molecular weight excluding hydrogens is 612 g/mol. The molecule has 0 fully saturated rings. The minimum Gasteiger partial charge on any atom is -0.480 e. The zero-order valence-corrected chi connectivity index (χ0v) is 25.1. The number of carbonyl (C=O) groups is 2. The number of amides is 1. The molecule has 0 aliphatic rings. The van der Waals surface area contributed by atoms with Crippen molar-refractivity contribution in [1.82, 2.24) is 5.32 Å². The van der Waals surface area contributed by atoms with Crippen molar-refractivity contribution in [3.63, 3.8) is 0 Å². The fourth-order valence-corrected chi connectivity index (χ4v) is 7.84. The number of nitrogens with one attached hydrogen (secondary N) is 1. The second kappa shape index (κ2) is 12.0. The van der Waals surface area contributed by atoms with Gasteiger partial charge in [0.1, 0.15) is 25.0 Å². The van der Waals surface area contributed by atoms with Gasteiger partial charge in [0.25, 0.3) is 5.91 Å². The van der Waals surface area contributed by atoms with Crippen LogP contribution in [0.3, 0.4) is 0 Å². The van der Waals surface area contributed by atoms with Gasteiger partial charge in [-0.15, -0.1) is 0 Å². The van der Waals surface area contributed by atoms with Gasteiger partial charge in [0.05, 0.1) is 31.9 Å². The summed E-state index contributed by atoms with van der Waals surface area (Å²) in [6.45, 7) is 1.54. The summed E-state index contributed by atoms with van der Waals surface area (Å²) in [5, 5.41) is 23.9. The molecule has 4 aromatic rings. The van der Waals surface area contributed by atoms with E-state index in [9.17, 15) is 32.8 Å². The van der Waals surface area contributed by atoms with E-state index in [1.165, 1.54) is 43.3 Å². The van der Waals surface area contributed by atoms with E-state index in [4.69, 9.17) is 27.6 Å². The molecule has 0 spiro atoms. The van der Waals surface area contributed by atoms with Crippen molar-refractivity contribution in [2.24, 2.45) is 0 Å². The van der Waals surface area contributed by atoms with E-state index in [1.54, 1.807) is 30.3 Å². The lowest BCUT2D eigenvalue weighted by atomic mass is 10.0. The number of carboxylic acid groups (broad SMARTS) is 1. The molecule has 3 atom stereocenters. The Bertz CT molecular complexity index is 1780. The first kappa shape index (κ1) is 30.8. The second-order valence-electron chi connectivity index (χ2n) is 9.76. The molecule has 1 aromatic heterocycles. The quantitative estimate of drug-likeness (QED) is 0.207. The number of furan rings is 1. The molecule has 3 N–H and O–H groups in total. The Kier molecular flexibility index (Phi) is 9.01. The number of sulfone groups is 1. The SMILES string of the molecule is CP(=O)(CC(O)c1cc(Cl)c(C(=O)NC(Cc2cccc(S(C)(=O)=O)c2)C(=O)O)c(Cl)c1)c1coc2ccccc12. The monoisotopic (exact) mass is 637 g/mol. The summed E-state index contributed by atoms with van der Waals surface area (Å²) in [6.07, 6.45) is 0.849. The van der Waals surface area contributed by atoms with Crippen LogP contribution in [0.2, 0.25) is 10.0 Å². The zero-order chi connectivity index (χ0) is 30.1. The van der Waals surface area contributed by atoms with E-state index in [0.717, 1.165) is 6.26 Å². The van der Waals surface area contributed by atoms with Gasteiger partial charge in [-0.1, -0.05) is 53.5 Å². The van der Waals surface area contributed by atoms with Crippen molar-refractivity contribution in [3.05, 3.63) is 93.7 Å². The lowest BCUT2D eigenvalue weighted by molar-refractivity contribution is -0.139. The number of aliphatic hydroxyl groups is 1. The predicted octanol–water partition coefficient (Wildman–Crippen LogP) is 4.92. The molecule has 4 rings (SSSR count). The fourth-order valence-electron chi connectivity index (χ4n) is 4.44. The Morgan fingerprint density at radius 3 is 2.34 bits per heavy atom. The highest BCUT2D eigenvalue weighted by Gasteiger charge is 2.29. The van der Waals surface area contributed by atoms with Gasteiger partial charge in [-0.05, 0) is 48.1 Å². The molecule has 13 heteroatoms. The van der Waals surface area contributed by atoms with Crippen LogP contribution in [0.1, 0.15) is 27.6 Å². The highest BCUT2D eigenvalue weighted by atomic mass is 35.5. The van der Waals surface area contributed by atoms with Crippen LogP contribution in [0.5, 0.6) is 0 Å². The number of rotatable bonds is 10. The smallest absolute Gasteiger partial charge is 0.326 e. The first-order chi connectivity index (χ1) is 19.2. The molecule has 0 saturated heterocycles. The summed E-state index contributed by atoms with van der Waals surface area (Å²) in [5.74, 6) is -2.23. The average molecular weight is 638 g/mol. The molecule has 1 amide bonds. The number of fused-ring (bicyclic) bond motifs is 1. The van der Waals surface area contributed by atoms with Gasteiger partial charge >= 0.3 is 5.97 Å². The van der Waals surface area contributed by atoms with Crippen LogP contribution in [0, 0.1) is 0 Å². The molecule has 216 valence electrons. The summed E-state index contributed by atoms with van der Waals surface area (Å²) in [5.41, 5.74) is 0.966. The summed E-state index contributed by atoms with van der Waals surface area (Å²) < 4.78 is 42.8. The Labute approximate surface area is 246 Å². The molecule has 41 heavy (non-hydrogen) atoms. The average Bonchev–Trinajstić information content (AvgIpc) is 3.32. The molecule has 3 unspecified atom stereocenters. The Morgan fingerprint density at radius 2 is 1.71 bits per heavy atom. The van der Waals surface area contributed by atoms with E-state index < -0.39 is 41.0 Å². The van der Waals surface area contributed by atoms with Gasteiger partial charge < -0.3 is 24.5 Å². The number of hydrogen-bond acceptors (Lipinski definition) is 7. The van der Waals surface area contributed by atoms with E-state index in [2.05, 4.69) is 5.32 Å². The topological polar surface area (TPSA) is 151 Å². The van der Waals surface area contributed by atoms with Crippen molar-refractivity contribution in [2.75, 3.05) is 19.1 Å². The van der Waals surface area contributed by atoms with Crippen molar-refractivity contribution >= 4 is 68.3 Å². The molecule has 3 aromatic carbocycles. The maximum absolute atomic E-state index is 13.6. The van der Waals surface area contributed by atoms with Crippen LogP contribution in [0.15, 0.2) is 76.2 Å².